The monoisotopic (exact) mass is 428 g/mol. The normalized spacial score (nSPS) is 10.6. The van der Waals surface area contributed by atoms with Gasteiger partial charge in [0.25, 0.3) is 0 Å². The number of benzene rings is 2. The Morgan fingerprint density at radius 2 is 0.846 bits per heavy atom. The summed E-state index contributed by atoms with van der Waals surface area (Å²) >= 11 is 22.9. The van der Waals surface area contributed by atoms with Gasteiger partial charge in [0.05, 0.1) is 10.8 Å². The fraction of sp³-hybridized carbons (Fsp3) is 0. The lowest BCUT2D eigenvalue weighted by Crippen LogP contribution is -1.99. The minimum Gasteiger partial charge on any atom is -0.409 e. The molecule has 0 unspecified atom stereocenters. The first-order valence-corrected chi connectivity index (χ1v) is 8.65. The van der Waals surface area contributed by atoms with E-state index in [9.17, 15) is 9.59 Å². The van der Waals surface area contributed by atoms with Gasteiger partial charge >= 0.3 is 11.3 Å². The third-order valence-corrected chi connectivity index (χ3v) is 4.95. The van der Waals surface area contributed by atoms with Crippen molar-refractivity contribution >= 4 is 67.9 Å². The number of hydrogen-bond acceptors (Lipinski definition) is 4. The Balaban J connectivity index is 0.000000151. The third-order valence-electron chi connectivity index (χ3n) is 3.48. The predicted octanol–water partition coefficient (Wildman–Crippen LogP) is 6.20. The second-order valence-electron chi connectivity index (χ2n) is 5.05. The highest BCUT2D eigenvalue weighted by molar-refractivity contribution is 6.44. The molecule has 2 aromatic heterocycles. The highest BCUT2D eigenvalue weighted by atomic mass is 35.5. The Hall–Kier alpha value is -1.98. The van der Waals surface area contributed by atoms with Gasteiger partial charge in [0.15, 0.2) is 0 Å². The van der Waals surface area contributed by atoms with Crippen LogP contribution in [0.3, 0.4) is 0 Å². The maximum Gasteiger partial charge on any atom is 0.345 e. The van der Waals surface area contributed by atoms with Crippen molar-refractivity contribution in [2.75, 3.05) is 0 Å². The molecule has 0 aliphatic heterocycles. The summed E-state index contributed by atoms with van der Waals surface area (Å²) in [4.78, 5) is 22.5. The Labute approximate surface area is 166 Å². The smallest absolute Gasteiger partial charge is 0.345 e. The van der Waals surface area contributed by atoms with E-state index in [1.54, 1.807) is 48.5 Å². The van der Waals surface area contributed by atoms with Crippen LogP contribution in [0, 0.1) is 0 Å². The molecule has 132 valence electrons. The highest BCUT2D eigenvalue weighted by Gasteiger charge is 2.09. The Bertz CT molecular complexity index is 1130. The van der Waals surface area contributed by atoms with Crippen LogP contribution in [0.15, 0.2) is 67.0 Å². The summed E-state index contributed by atoms with van der Waals surface area (Å²) in [6.45, 7) is 0. The van der Waals surface area contributed by atoms with E-state index < -0.39 is 11.3 Å². The van der Waals surface area contributed by atoms with Crippen molar-refractivity contribution < 1.29 is 8.83 Å². The predicted molar refractivity (Wildman–Crippen MR) is 105 cm³/mol. The zero-order chi connectivity index (χ0) is 18.8. The fourth-order valence-electron chi connectivity index (χ4n) is 2.28. The Morgan fingerprint density at radius 1 is 0.538 bits per heavy atom. The van der Waals surface area contributed by atoms with E-state index >= 15 is 0 Å². The molecule has 0 fully saturated rings. The van der Waals surface area contributed by atoms with Gasteiger partial charge in [-0.2, -0.15) is 0 Å². The SMILES string of the molecule is O=c1oc(Cl)c(Cl)c2ccccc12.O=c1oc(Cl)c(Cl)c2ccccc12. The first-order valence-electron chi connectivity index (χ1n) is 7.14. The molecular formula is C18H8Cl4O4. The van der Waals surface area contributed by atoms with Gasteiger partial charge in [0, 0.05) is 10.8 Å². The second kappa shape index (κ2) is 7.72. The molecule has 0 saturated heterocycles. The standard InChI is InChI=1S/2C9H4Cl2O2/c2*10-7-5-3-1-2-4-6(5)9(12)13-8(7)11/h2*1-4H. The van der Waals surface area contributed by atoms with E-state index in [0.29, 0.717) is 21.5 Å². The molecule has 2 heterocycles. The summed E-state index contributed by atoms with van der Waals surface area (Å²) in [5.41, 5.74) is -0.935. The number of halogens is 4. The fourth-order valence-corrected chi connectivity index (χ4v) is 3.03. The van der Waals surface area contributed by atoms with Crippen LogP contribution in [-0.2, 0) is 0 Å². The van der Waals surface area contributed by atoms with Gasteiger partial charge in [-0.1, -0.05) is 59.6 Å². The van der Waals surface area contributed by atoms with E-state index in [4.69, 9.17) is 55.2 Å². The highest BCUT2D eigenvalue weighted by Crippen LogP contribution is 2.28. The van der Waals surface area contributed by atoms with Crippen LogP contribution in [0.2, 0.25) is 20.5 Å². The summed E-state index contributed by atoms with van der Waals surface area (Å²) in [6, 6.07) is 13.8. The molecule has 0 amide bonds. The summed E-state index contributed by atoms with van der Waals surface area (Å²) in [5.74, 6) is 0. The molecule has 4 rings (SSSR count). The number of fused-ring (bicyclic) bond motifs is 2. The molecule has 8 heteroatoms. The summed E-state index contributed by atoms with van der Waals surface area (Å²) in [7, 11) is 0. The average Bonchev–Trinajstić information content (AvgIpc) is 2.65. The third kappa shape index (κ3) is 3.60. The van der Waals surface area contributed by atoms with Crippen molar-refractivity contribution in [2.45, 2.75) is 0 Å². The van der Waals surface area contributed by atoms with Crippen molar-refractivity contribution in [2.24, 2.45) is 0 Å². The van der Waals surface area contributed by atoms with E-state index in [1.165, 1.54) is 0 Å². The minimum atomic E-state index is -0.468. The molecule has 2 aromatic carbocycles. The molecule has 0 aliphatic carbocycles. The van der Waals surface area contributed by atoms with E-state index in [1.807, 2.05) is 0 Å². The molecule has 0 radical (unpaired) electrons. The first kappa shape index (κ1) is 18.8. The van der Waals surface area contributed by atoms with Gasteiger partial charge in [-0.15, -0.1) is 0 Å². The Morgan fingerprint density at radius 3 is 1.19 bits per heavy atom. The molecule has 0 aliphatic rings. The molecular weight excluding hydrogens is 422 g/mol. The second-order valence-corrected chi connectivity index (χ2v) is 6.49. The molecule has 0 spiro atoms. The summed E-state index contributed by atoms with van der Waals surface area (Å²) in [6.07, 6.45) is 0. The lowest BCUT2D eigenvalue weighted by molar-refractivity contribution is 0.521. The van der Waals surface area contributed by atoms with Crippen molar-refractivity contribution in [3.63, 3.8) is 0 Å². The summed E-state index contributed by atoms with van der Waals surface area (Å²) < 4.78 is 9.40. The van der Waals surface area contributed by atoms with Gasteiger partial charge in [0.1, 0.15) is 10.0 Å². The van der Waals surface area contributed by atoms with Crippen LogP contribution >= 0.6 is 46.4 Å². The Kier molecular flexibility index (Phi) is 5.58. The molecule has 26 heavy (non-hydrogen) atoms. The maximum absolute atomic E-state index is 11.2. The number of rotatable bonds is 0. The van der Waals surface area contributed by atoms with Crippen molar-refractivity contribution in [3.05, 3.63) is 89.9 Å². The van der Waals surface area contributed by atoms with Gasteiger partial charge in [-0.05, 0) is 35.3 Å². The van der Waals surface area contributed by atoms with Crippen LogP contribution in [0.25, 0.3) is 21.5 Å². The first-order chi connectivity index (χ1) is 12.4. The van der Waals surface area contributed by atoms with Gasteiger partial charge in [-0.3, -0.25) is 0 Å². The lowest BCUT2D eigenvalue weighted by atomic mass is 10.2. The molecule has 4 aromatic rings. The minimum absolute atomic E-state index is 0.0645. The lowest BCUT2D eigenvalue weighted by Gasteiger charge is -1.98. The largest absolute Gasteiger partial charge is 0.409 e. The van der Waals surface area contributed by atoms with Gasteiger partial charge in [-0.25, -0.2) is 9.59 Å². The maximum atomic E-state index is 11.2. The molecule has 0 atom stereocenters. The van der Waals surface area contributed by atoms with E-state index in [2.05, 4.69) is 0 Å². The van der Waals surface area contributed by atoms with Gasteiger partial charge in [0.2, 0.25) is 10.4 Å². The zero-order valence-electron chi connectivity index (χ0n) is 12.8. The van der Waals surface area contributed by atoms with Crippen LogP contribution in [0.4, 0.5) is 0 Å². The zero-order valence-corrected chi connectivity index (χ0v) is 15.8. The van der Waals surface area contributed by atoms with E-state index in [0.717, 1.165) is 0 Å². The molecule has 0 N–H and O–H groups in total. The van der Waals surface area contributed by atoms with Crippen molar-refractivity contribution in [1.29, 1.82) is 0 Å². The van der Waals surface area contributed by atoms with E-state index in [-0.39, 0.29) is 20.5 Å². The van der Waals surface area contributed by atoms with Crippen LogP contribution < -0.4 is 11.3 Å². The number of hydrogen-bond donors (Lipinski definition) is 0. The summed E-state index contributed by atoms with van der Waals surface area (Å²) in [5, 5.41) is 2.54. The topological polar surface area (TPSA) is 60.4 Å². The van der Waals surface area contributed by atoms with Gasteiger partial charge < -0.3 is 8.83 Å². The van der Waals surface area contributed by atoms with Crippen LogP contribution in [0.1, 0.15) is 0 Å². The van der Waals surface area contributed by atoms with Crippen LogP contribution in [0.5, 0.6) is 0 Å². The molecule has 0 saturated carbocycles. The van der Waals surface area contributed by atoms with Crippen molar-refractivity contribution in [1.82, 2.24) is 0 Å². The van der Waals surface area contributed by atoms with Crippen LogP contribution in [-0.4, -0.2) is 0 Å². The molecule has 4 nitrogen and oxygen atoms in total. The molecule has 0 bridgehead atoms. The average molecular weight is 430 g/mol. The van der Waals surface area contributed by atoms with Crippen molar-refractivity contribution in [3.8, 4) is 0 Å². The quantitative estimate of drug-likeness (QED) is 0.334.